The lowest BCUT2D eigenvalue weighted by Crippen LogP contribution is -2.36. The van der Waals surface area contributed by atoms with Crippen molar-refractivity contribution >= 4 is 5.97 Å². The van der Waals surface area contributed by atoms with Gasteiger partial charge in [0.05, 0.1) is 32.3 Å². The van der Waals surface area contributed by atoms with E-state index >= 15 is 0 Å². The van der Waals surface area contributed by atoms with Crippen molar-refractivity contribution in [1.29, 1.82) is 0 Å². The normalized spacial score (nSPS) is 20.6. The third kappa shape index (κ3) is 5.18. The van der Waals surface area contributed by atoms with E-state index in [4.69, 9.17) is 14.2 Å². The standard InChI is InChI=1S/C20H22O4/c21-20-12-18(23-14-17-9-5-2-6-10-17)11-19(24-20)15-22-13-16-7-3-1-4-8-16/h1-10,18-19H,11-15H2/t18-,19-/m0/s1. The summed E-state index contributed by atoms with van der Waals surface area (Å²) in [5.41, 5.74) is 2.21. The van der Waals surface area contributed by atoms with Gasteiger partial charge in [0, 0.05) is 6.42 Å². The summed E-state index contributed by atoms with van der Waals surface area (Å²) >= 11 is 0. The highest BCUT2D eigenvalue weighted by molar-refractivity contribution is 5.71. The van der Waals surface area contributed by atoms with Crippen LogP contribution in [0, 0.1) is 0 Å². The van der Waals surface area contributed by atoms with Crippen molar-refractivity contribution in [3.63, 3.8) is 0 Å². The summed E-state index contributed by atoms with van der Waals surface area (Å²) in [5.74, 6) is -0.215. The van der Waals surface area contributed by atoms with Crippen LogP contribution in [0.3, 0.4) is 0 Å². The molecular formula is C20H22O4. The lowest BCUT2D eigenvalue weighted by Gasteiger charge is -2.28. The zero-order valence-corrected chi connectivity index (χ0v) is 13.6. The first-order valence-electron chi connectivity index (χ1n) is 8.26. The van der Waals surface area contributed by atoms with Crippen LogP contribution in [0.25, 0.3) is 0 Å². The fourth-order valence-electron chi connectivity index (χ4n) is 2.74. The predicted octanol–water partition coefficient (Wildman–Crippen LogP) is 3.49. The smallest absolute Gasteiger partial charge is 0.308 e. The van der Waals surface area contributed by atoms with Crippen LogP contribution in [0.15, 0.2) is 60.7 Å². The molecule has 4 nitrogen and oxygen atoms in total. The van der Waals surface area contributed by atoms with Gasteiger partial charge in [0.15, 0.2) is 0 Å². The van der Waals surface area contributed by atoms with E-state index in [0.29, 0.717) is 32.7 Å². The average Bonchev–Trinajstić information content (AvgIpc) is 2.61. The Balaban J connectivity index is 1.44. The molecule has 2 atom stereocenters. The minimum atomic E-state index is -0.240. The van der Waals surface area contributed by atoms with Crippen LogP contribution in [-0.2, 0) is 32.2 Å². The Morgan fingerprint density at radius 2 is 1.54 bits per heavy atom. The SMILES string of the molecule is O=C1C[C@@H](OCc2ccccc2)C[C@@H](COCc2ccccc2)O1. The van der Waals surface area contributed by atoms with E-state index < -0.39 is 0 Å². The molecule has 0 unspecified atom stereocenters. The van der Waals surface area contributed by atoms with Gasteiger partial charge in [-0.2, -0.15) is 0 Å². The molecule has 0 radical (unpaired) electrons. The quantitative estimate of drug-likeness (QED) is 0.731. The van der Waals surface area contributed by atoms with E-state index in [9.17, 15) is 4.79 Å². The van der Waals surface area contributed by atoms with Gasteiger partial charge in [0.25, 0.3) is 0 Å². The second-order valence-corrected chi connectivity index (χ2v) is 5.97. The van der Waals surface area contributed by atoms with Gasteiger partial charge in [-0.15, -0.1) is 0 Å². The summed E-state index contributed by atoms with van der Waals surface area (Å²) < 4.78 is 16.9. The van der Waals surface area contributed by atoms with E-state index in [0.717, 1.165) is 11.1 Å². The van der Waals surface area contributed by atoms with Crippen molar-refractivity contribution in [2.24, 2.45) is 0 Å². The number of cyclic esters (lactones) is 1. The second-order valence-electron chi connectivity index (χ2n) is 5.97. The second kappa shape index (κ2) is 8.62. The first kappa shape index (κ1) is 16.7. The maximum Gasteiger partial charge on any atom is 0.308 e. The molecule has 0 N–H and O–H groups in total. The molecule has 0 spiro atoms. The van der Waals surface area contributed by atoms with Crippen LogP contribution in [0.1, 0.15) is 24.0 Å². The average molecular weight is 326 g/mol. The number of carbonyl (C=O) groups is 1. The summed E-state index contributed by atoms with van der Waals surface area (Å²) in [6.45, 7) is 1.42. The van der Waals surface area contributed by atoms with Crippen molar-refractivity contribution in [3.05, 3.63) is 71.8 Å². The molecule has 0 saturated carbocycles. The monoisotopic (exact) mass is 326 g/mol. The van der Waals surface area contributed by atoms with Gasteiger partial charge >= 0.3 is 5.97 Å². The van der Waals surface area contributed by atoms with E-state index in [-0.39, 0.29) is 18.2 Å². The van der Waals surface area contributed by atoms with Crippen LogP contribution in [-0.4, -0.2) is 24.8 Å². The van der Waals surface area contributed by atoms with E-state index in [1.807, 2.05) is 60.7 Å². The molecule has 1 aliphatic rings. The van der Waals surface area contributed by atoms with Gasteiger partial charge < -0.3 is 14.2 Å². The van der Waals surface area contributed by atoms with Crippen LogP contribution in [0.4, 0.5) is 0 Å². The molecule has 1 fully saturated rings. The molecule has 24 heavy (non-hydrogen) atoms. The van der Waals surface area contributed by atoms with Gasteiger partial charge in [-0.25, -0.2) is 0 Å². The number of esters is 1. The van der Waals surface area contributed by atoms with Crippen molar-refractivity contribution in [3.8, 4) is 0 Å². The molecule has 1 saturated heterocycles. The summed E-state index contributed by atoms with van der Waals surface area (Å²) in [4.78, 5) is 11.8. The molecular weight excluding hydrogens is 304 g/mol. The highest BCUT2D eigenvalue weighted by atomic mass is 16.6. The Hall–Kier alpha value is -2.17. The van der Waals surface area contributed by atoms with Crippen LogP contribution < -0.4 is 0 Å². The van der Waals surface area contributed by atoms with Crippen LogP contribution in [0.2, 0.25) is 0 Å². The predicted molar refractivity (Wildman–Crippen MR) is 90.2 cm³/mol. The van der Waals surface area contributed by atoms with E-state index in [1.165, 1.54) is 0 Å². The molecule has 0 amide bonds. The van der Waals surface area contributed by atoms with Crippen LogP contribution >= 0.6 is 0 Å². The maximum absolute atomic E-state index is 11.8. The van der Waals surface area contributed by atoms with Gasteiger partial charge in [-0.05, 0) is 11.1 Å². The number of hydrogen-bond acceptors (Lipinski definition) is 4. The molecule has 2 aromatic rings. The molecule has 126 valence electrons. The largest absolute Gasteiger partial charge is 0.460 e. The van der Waals surface area contributed by atoms with E-state index in [1.54, 1.807) is 0 Å². The highest BCUT2D eigenvalue weighted by Gasteiger charge is 2.29. The highest BCUT2D eigenvalue weighted by Crippen LogP contribution is 2.20. The minimum absolute atomic E-state index is 0.114. The molecule has 0 bridgehead atoms. The number of rotatable bonds is 7. The van der Waals surface area contributed by atoms with Crippen molar-refractivity contribution in [1.82, 2.24) is 0 Å². The Labute approximate surface area is 142 Å². The Morgan fingerprint density at radius 1 is 0.917 bits per heavy atom. The molecule has 0 aromatic heterocycles. The fraction of sp³-hybridized carbons (Fsp3) is 0.350. The van der Waals surface area contributed by atoms with Crippen LogP contribution in [0.5, 0.6) is 0 Å². The number of carbonyl (C=O) groups excluding carboxylic acids is 1. The third-order valence-corrected chi connectivity index (χ3v) is 3.96. The van der Waals surface area contributed by atoms with Gasteiger partial charge in [0.2, 0.25) is 0 Å². The van der Waals surface area contributed by atoms with Gasteiger partial charge in [-0.1, -0.05) is 60.7 Å². The summed E-state index contributed by atoms with van der Waals surface area (Å²) in [5, 5.41) is 0. The summed E-state index contributed by atoms with van der Waals surface area (Å²) in [6.07, 6.45) is 0.627. The summed E-state index contributed by atoms with van der Waals surface area (Å²) in [6, 6.07) is 19.9. The van der Waals surface area contributed by atoms with Gasteiger partial charge in [0.1, 0.15) is 6.10 Å². The Bertz CT molecular complexity index is 627. The maximum atomic E-state index is 11.8. The Morgan fingerprint density at radius 3 is 2.21 bits per heavy atom. The third-order valence-electron chi connectivity index (χ3n) is 3.96. The number of hydrogen-bond donors (Lipinski definition) is 0. The van der Waals surface area contributed by atoms with Crippen molar-refractivity contribution in [2.45, 2.75) is 38.3 Å². The zero-order valence-electron chi connectivity index (χ0n) is 13.6. The van der Waals surface area contributed by atoms with E-state index in [2.05, 4.69) is 0 Å². The number of ether oxygens (including phenoxy) is 3. The molecule has 1 aliphatic heterocycles. The van der Waals surface area contributed by atoms with Crippen molar-refractivity contribution in [2.75, 3.05) is 6.61 Å². The molecule has 4 heteroatoms. The molecule has 2 aromatic carbocycles. The van der Waals surface area contributed by atoms with Crippen molar-refractivity contribution < 1.29 is 19.0 Å². The summed E-state index contributed by atoms with van der Waals surface area (Å²) in [7, 11) is 0. The van der Waals surface area contributed by atoms with Gasteiger partial charge in [-0.3, -0.25) is 4.79 Å². The molecule has 3 rings (SSSR count). The minimum Gasteiger partial charge on any atom is -0.460 e. The lowest BCUT2D eigenvalue weighted by molar-refractivity contribution is -0.168. The topological polar surface area (TPSA) is 44.8 Å². The molecule has 1 heterocycles. The lowest BCUT2D eigenvalue weighted by atomic mass is 10.1. The fourth-order valence-corrected chi connectivity index (χ4v) is 2.74. The Kier molecular flexibility index (Phi) is 5.99. The first-order chi connectivity index (χ1) is 11.8. The first-order valence-corrected chi connectivity index (χ1v) is 8.26. The number of benzene rings is 2. The molecule has 0 aliphatic carbocycles. The zero-order chi connectivity index (χ0) is 16.6.